The van der Waals surface area contributed by atoms with Crippen LogP contribution in [0, 0.1) is 0 Å². The number of ether oxygens (including phenoxy) is 4. The van der Waals surface area contributed by atoms with Crippen molar-refractivity contribution in [3.63, 3.8) is 0 Å². The number of halogens is 1. The summed E-state index contributed by atoms with van der Waals surface area (Å²) >= 11 is 0. The fourth-order valence-corrected chi connectivity index (χ4v) is 3.36. The van der Waals surface area contributed by atoms with Crippen LogP contribution >= 0.6 is 24.0 Å². The number of piperidine rings is 1. The lowest BCUT2D eigenvalue weighted by atomic mass is 10.1. The summed E-state index contributed by atoms with van der Waals surface area (Å²) in [7, 11) is 3.33. The van der Waals surface area contributed by atoms with Crippen LogP contribution in [0.15, 0.2) is 23.2 Å². The molecule has 1 saturated heterocycles. The molecule has 0 unspecified atom stereocenters. The van der Waals surface area contributed by atoms with Crippen molar-refractivity contribution in [3.8, 4) is 11.5 Å². The van der Waals surface area contributed by atoms with Gasteiger partial charge < -0.3 is 34.3 Å². The first-order chi connectivity index (χ1) is 14.7. The highest BCUT2D eigenvalue weighted by Crippen LogP contribution is 2.28. The van der Waals surface area contributed by atoms with Gasteiger partial charge in [0.05, 0.1) is 26.4 Å². The van der Waals surface area contributed by atoms with Crippen LogP contribution in [0.4, 0.5) is 0 Å². The quantitative estimate of drug-likeness (QED) is 0.179. The van der Waals surface area contributed by atoms with Crippen molar-refractivity contribution >= 4 is 29.9 Å². The van der Waals surface area contributed by atoms with Gasteiger partial charge in [0, 0.05) is 40.0 Å². The largest absolute Gasteiger partial charge is 0.493 e. The van der Waals surface area contributed by atoms with E-state index in [0.717, 1.165) is 63.6 Å². The molecular weight excluding hydrogens is 513 g/mol. The zero-order valence-electron chi connectivity index (χ0n) is 19.0. The van der Waals surface area contributed by atoms with Gasteiger partial charge in [-0.3, -0.25) is 0 Å². The average Bonchev–Trinajstić information content (AvgIpc) is 2.79. The molecule has 178 valence electrons. The first kappa shape index (κ1) is 27.7. The Labute approximate surface area is 203 Å². The summed E-state index contributed by atoms with van der Waals surface area (Å²) in [6.07, 6.45) is 3.26. The van der Waals surface area contributed by atoms with E-state index in [1.165, 1.54) is 0 Å². The number of methoxy groups -OCH3 is 2. The molecule has 1 aliphatic heterocycles. The van der Waals surface area contributed by atoms with Gasteiger partial charge in [-0.05, 0) is 43.9 Å². The molecule has 0 spiro atoms. The smallest absolute Gasteiger partial charge is 0.194 e. The number of nitrogens with zero attached hydrogens (tertiary/aromatic N) is 2. The number of benzene rings is 1. The second-order valence-corrected chi connectivity index (χ2v) is 7.13. The monoisotopic (exact) mass is 551 g/mol. The second-order valence-electron chi connectivity index (χ2n) is 7.13. The van der Waals surface area contributed by atoms with Crippen molar-refractivity contribution in [2.24, 2.45) is 4.99 Å². The van der Waals surface area contributed by atoms with Crippen LogP contribution in [0.5, 0.6) is 11.5 Å². The van der Waals surface area contributed by atoms with Crippen molar-refractivity contribution in [1.82, 2.24) is 10.2 Å². The summed E-state index contributed by atoms with van der Waals surface area (Å²) in [6, 6.07) is 5.76. The van der Waals surface area contributed by atoms with E-state index in [-0.39, 0.29) is 37.2 Å². The molecule has 0 atom stereocenters. The van der Waals surface area contributed by atoms with E-state index < -0.39 is 0 Å². The summed E-state index contributed by atoms with van der Waals surface area (Å²) in [5, 5.41) is 12.3. The minimum Gasteiger partial charge on any atom is -0.493 e. The maximum atomic E-state index is 8.94. The Kier molecular flexibility index (Phi) is 14.6. The van der Waals surface area contributed by atoms with Crippen molar-refractivity contribution in [2.75, 3.05) is 60.3 Å². The standard InChI is InChI=1S/C22H37N3O5.HI/c1-4-23-22(25-10-8-19(9-11-25)29-14-5-13-27-2)24-17-18-6-7-20(30-15-12-26)21(16-18)28-3;/h6-7,16,19,26H,4-5,8-15,17H2,1-3H3,(H,23,24);1H. The second kappa shape index (κ2) is 16.3. The molecule has 1 aromatic rings. The van der Waals surface area contributed by atoms with E-state index in [0.29, 0.717) is 24.1 Å². The Balaban J connectivity index is 0.00000480. The van der Waals surface area contributed by atoms with E-state index in [9.17, 15) is 0 Å². The Morgan fingerprint density at radius 2 is 1.94 bits per heavy atom. The molecule has 8 nitrogen and oxygen atoms in total. The molecule has 1 heterocycles. The molecule has 2 rings (SSSR count). The van der Waals surface area contributed by atoms with E-state index >= 15 is 0 Å². The van der Waals surface area contributed by atoms with Crippen LogP contribution in [0.3, 0.4) is 0 Å². The molecule has 0 aliphatic carbocycles. The van der Waals surface area contributed by atoms with Crippen LogP contribution in [0.2, 0.25) is 0 Å². The summed E-state index contributed by atoms with van der Waals surface area (Å²) in [6.45, 7) is 7.02. The lowest BCUT2D eigenvalue weighted by molar-refractivity contribution is 0.00990. The molecule has 1 aromatic carbocycles. The topological polar surface area (TPSA) is 84.8 Å². The molecule has 0 aromatic heterocycles. The Morgan fingerprint density at radius 1 is 1.16 bits per heavy atom. The number of aliphatic hydroxyl groups is 1. The lowest BCUT2D eigenvalue weighted by Gasteiger charge is -2.34. The van der Waals surface area contributed by atoms with Gasteiger partial charge in [-0.1, -0.05) is 6.07 Å². The number of nitrogens with one attached hydrogen (secondary N) is 1. The van der Waals surface area contributed by atoms with Crippen LogP contribution in [-0.4, -0.2) is 82.4 Å². The van der Waals surface area contributed by atoms with Gasteiger partial charge in [0.15, 0.2) is 17.5 Å². The number of hydrogen-bond donors (Lipinski definition) is 2. The van der Waals surface area contributed by atoms with Crippen LogP contribution in [0.1, 0.15) is 31.7 Å². The SMILES string of the molecule is CCNC(=NCc1ccc(OCCO)c(OC)c1)N1CCC(OCCCOC)CC1.I. The number of likely N-dealkylation sites (tertiary alicyclic amines) is 1. The van der Waals surface area contributed by atoms with Crippen molar-refractivity contribution < 1.29 is 24.1 Å². The third kappa shape index (κ3) is 9.80. The van der Waals surface area contributed by atoms with Crippen LogP contribution < -0.4 is 14.8 Å². The van der Waals surface area contributed by atoms with Crippen molar-refractivity contribution in [3.05, 3.63) is 23.8 Å². The predicted octanol–water partition coefficient (Wildman–Crippen LogP) is 2.67. The average molecular weight is 551 g/mol. The molecule has 0 saturated carbocycles. The number of rotatable bonds is 12. The molecule has 2 N–H and O–H groups in total. The van der Waals surface area contributed by atoms with E-state index in [4.69, 9.17) is 29.0 Å². The van der Waals surface area contributed by atoms with Crippen molar-refractivity contribution in [1.29, 1.82) is 0 Å². The van der Waals surface area contributed by atoms with Gasteiger partial charge in [0.1, 0.15) is 6.61 Å². The number of aliphatic imine (C=N–C) groups is 1. The Bertz CT molecular complexity index is 640. The fraction of sp³-hybridized carbons (Fsp3) is 0.682. The summed E-state index contributed by atoms with van der Waals surface area (Å²) < 4.78 is 21.9. The minimum atomic E-state index is -0.0316. The normalized spacial score (nSPS) is 14.8. The third-order valence-corrected chi connectivity index (χ3v) is 4.91. The molecule has 1 aliphatic rings. The van der Waals surface area contributed by atoms with Crippen LogP contribution in [-0.2, 0) is 16.0 Å². The number of hydrogen-bond acceptors (Lipinski definition) is 6. The van der Waals surface area contributed by atoms with Gasteiger partial charge in [-0.2, -0.15) is 0 Å². The summed E-state index contributed by atoms with van der Waals surface area (Å²) in [4.78, 5) is 7.12. The minimum absolute atomic E-state index is 0. The molecule has 9 heteroatoms. The summed E-state index contributed by atoms with van der Waals surface area (Å²) in [5.41, 5.74) is 1.04. The third-order valence-electron chi connectivity index (χ3n) is 4.91. The highest BCUT2D eigenvalue weighted by molar-refractivity contribution is 14.0. The maximum absolute atomic E-state index is 8.94. The number of aliphatic hydroxyl groups excluding tert-OH is 1. The zero-order valence-corrected chi connectivity index (χ0v) is 21.3. The van der Waals surface area contributed by atoms with Gasteiger partial charge in [-0.25, -0.2) is 4.99 Å². The molecule has 1 fully saturated rings. The summed E-state index contributed by atoms with van der Waals surface area (Å²) in [5.74, 6) is 2.20. The van der Waals surface area contributed by atoms with Gasteiger partial charge >= 0.3 is 0 Å². The first-order valence-electron chi connectivity index (χ1n) is 10.8. The molecule has 0 radical (unpaired) electrons. The van der Waals surface area contributed by atoms with E-state index in [1.54, 1.807) is 14.2 Å². The highest BCUT2D eigenvalue weighted by Gasteiger charge is 2.21. The van der Waals surface area contributed by atoms with E-state index in [2.05, 4.69) is 17.1 Å². The van der Waals surface area contributed by atoms with Crippen LogP contribution in [0.25, 0.3) is 0 Å². The molecule has 0 bridgehead atoms. The molecule has 0 amide bonds. The number of guanidine groups is 1. The highest BCUT2D eigenvalue weighted by atomic mass is 127. The first-order valence-corrected chi connectivity index (χ1v) is 10.8. The lowest BCUT2D eigenvalue weighted by Crippen LogP contribution is -2.47. The zero-order chi connectivity index (χ0) is 21.6. The molecular formula is C22H38IN3O5. The van der Waals surface area contributed by atoms with Crippen molar-refractivity contribution in [2.45, 2.75) is 38.8 Å². The Hall–Kier alpha value is -1.30. The van der Waals surface area contributed by atoms with Gasteiger partial charge in [0.2, 0.25) is 0 Å². The van der Waals surface area contributed by atoms with Gasteiger partial charge in [-0.15, -0.1) is 24.0 Å². The maximum Gasteiger partial charge on any atom is 0.194 e. The molecule has 31 heavy (non-hydrogen) atoms. The van der Waals surface area contributed by atoms with Gasteiger partial charge in [0.25, 0.3) is 0 Å². The fourth-order valence-electron chi connectivity index (χ4n) is 3.36. The Morgan fingerprint density at radius 3 is 2.58 bits per heavy atom. The predicted molar refractivity (Wildman–Crippen MR) is 133 cm³/mol. The van der Waals surface area contributed by atoms with E-state index in [1.807, 2.05) is 18.2 Å².